The zero-order valence-electron chi connectivity index (χ0n) is 15.8. The van der Waals surface area contributed by atoms with Crippen molar-refractivity contribution < 1.29 is 8.42 Å². The van der Waals surface area contributed by atoms with E-state index in [1.807, 2.05) is 32.9 Å². The maximum Gasteiger partial charge on any atom is 0.257 e. The van der Waals surface area contributed by atoms with Crippen molar-refractivity contribution in [3.63, 3.8) is 0 Å². The first kappa shape index (κ1) is 19.6. The number of nitrogen functional groups attached to an aromatic ring is 1. The SMILES string of the molecule is Cc1ccc(S(=O)(=O)NNc2ncnc(Nc3cc(C)cc(C)c3)c2N)cc1. The first-order valence-electron chi connectivity index (χ1n) is 8.55. The molecular formula is C19H22N6O2S. The van der Waals surface area contributed by atoms with Crippen LogP contribution in [-0.4, -0.2) is 18.4 Å². The van der Waals surface area contributed by atoms with Gasteiger partial charge in [0.1, 0.15) is 12.0 Å². The number of hydrogen-bond acceptors (Lipinski definition) is 7. The molecule has 9 heteroatoms. The Hall–Kier alpha value is -3.17. The van der Waals surface area contributed by atoms with Crippen molar-refractivity contribution in [2.45, 2.75) is 25.7 Å². The highest BCUT2D eigenvalue weighted by atomic mass is 32.2. The molecule has 8 nitrogen and oxygen atoms in total. The van der Waals surface area contributed by atoms with E-state index in [9.17, 15) is 8.42 Å². The fourth-order valence-corrected chi connectivity index (χ4v) is 3.51. The first-order valence-corrected chi connectivity index (χ1v) is 10.0. The molecular weight excluding hydrogens is 376 g/mol. The lowest BCUT2D eigenvalue weighted by Crippen LogP contribution is -2.30. The Morgan fingerprint density at radius 3 is 2.11 bits per heavy atom. The van der Waals surface area contributed by atoms with Gasteiger partial charge in [-0.3, -0.25) is 5.43 Å². The van der Waals surface area contributed by atoms with E-state index in [2.05, 4.69) is 31.6 Å². The Morgan fingerprint density at radius 1 is 0.857 bits per heavy atom. The van der Waals surface area contributed by atoms with E-state index in [1.54, 1.807) is 12.1 Å². The molecule has 0 aliphatic carbocycles. The summed E-state index contributed by atoms with van der Waals surface area (Å²) in [5.74, 6) is 0.523. The third-order valence-electron chi connectivity index (χ3n) is 4.00. The fraction of sp³-hybridized carbons (Fsp3) is 0.158. The second kappa shape index (κ2) is 7.83. The molecule has 5 N–H and O–H groups in total. The highest BCUT2D eigenvalue weighted by Gasteiger charge is 2.15. The van der Waals surface area contributed by atoms with Gasteiger partial charge in [0.15, 0.2) is 11.6 Å². The van der Waals surface area contributed by atoms with E-state index in [-0.39, 0.29) is 16.4 Å². The zero-order chi connectivity index (χ0) is 20.3. The molecule has 0 bridgehead atoms. The summed E-state index contributed by atoms with van der Waals surface area (Å²) in [5, 5.41) is 3.14. The van der Waals surface area contributed by atoms with E-state index >= 15 is 0 Å². The van der Waals surface area contributed by atoms with Crippen molar-refractivity contribution in [2.24, 2.45) is 0 Å². The van der Waals surface area contributed by atoms with Gasteiger partial charge in [0.2, 0.25) is 0 Å². The second-order valence-corrected chi connectivity index (χ2v) is 8.21. The zero-order valence-corrected chi connectivity index (χ0v) is 16.6. The predicted octanol–water partition coefficient (Wildman–Crippen LogP) is 3.03. The van der Waals surface area contributed by atoms with Crippen molar-refractivity contribution in [1.82, 2.24) is 14.8 Å². The normalized spacial score (nSPS) is 11.2. The molecule has 3 aromatic rings. The number of hydrogen-bond donors (Lipinski definition) is 4. The average molecular weight is 398 g/mol. The van der Waals surface area contributed by atoms with Crippen molar-refractivity contribution >= 4 is 33.0 Å². The van der Waals surface area contributed by atoms with Crippen molar-refractivity contribution in [3.8, 4) is 0 Å². The number of anilines is 4. The van der Waals surface area contributed by atoms with E-state index in [0.717, 1.165) is 22.4 Å². The molecule has 146 valence electrons. The average Bonchev–Trinajstić information content (AvgIpc) is 2.62. The Balaban J connectivity index is 1.78. The number of nitrogens with zero attached hydrogens (tertiary/aromatic N) is 2. The summed E-state index contributed by atoms with van der Waals surface area (Å²) in [6.45, 7) is 5.87. The lowest BCUT2D eigenvalue weighted by atomic mass is 10.1. The van der Waals surface area contributed by atoms with Crippen LogP contribution in [0, 0.1) is 20.8 Å². The number of benzene rings is 2. The Bertz CT molecular complexity index is 1080. The molecule has 2 aromatic carbocycles. The Morgan fingerprint density at radius 2 is 1.46 bits per heavy atom. The van der Waals surface area contributed by atoms with Gasteiger partial charge in [-0.15, -0.1) is 4.83 Å². The topological polar surface area (TPSA) is 122 Å². The second-order valence-electron chi connectivity index (χ2n) is 6.53. The standard InChI is InChI=1S/C19H22N6O2S/c1-12-4-6-16(7-5-12)28(26,27)25-24-19-17(20)18(21-11-22-19)23-15-9-13(2)8-14(3)10-15/h4-11,25H,20H2,1-3H3,(H2,21,22,23,24). The molecule has 0 unspecified atom stereocenters. The van der Waals surface area contributed by atoms with Gasteiger partial charge in [0.05, 0.1) is 4.90 Å². The maximum atomic E-state index is 12.4. The van der Waals surface area contributed by atoms with Crippen LogP contribution in [0.4, 0.5) is 23.0 Å². The van der Waals surface area contributed by atoms with Gasteiger partial charge in [-0.05, 0) is 56.2 Å². The van der Waals surface area contributed by atoms with Gasteiger partial charge >= 0.3 is 0 Å². The molecule has 1 heterocycles. The smallest absolute Gasteiger partial charge is 0.257 e. The summed E-state index contributed by atoms with van der Waals surface area (Å²) in [5.41, 5.74) is 12.8. The summed E-state index contributed by atoms with van der Waals surface area (Å²) in [6, 6.07) is 12.5. The number of aromatic nitrogens is 2. The van der Waals surface area contributed by atoms with Crippen LogP contribution in [0.2, 0.25) is 0 Å². The quantitative estimate of drug-likeness (QED) is 0.471. The van der Waals surface area contributed by atoms with E-state index in [4.69, 9.17) is 5.73 Å². The molecule has 0 saturated carbocycles. The van der Waals surface area contributed by atoms with E-state index in [0.29, 0.717) is 5.82 Å². The molecule has 0 spiro atoms. The highest BCUT2D eigenvalue weighted by molar-refractivity contribution is 7.89. The summed E-state index contributed by atoms with van der Waals surface area (Å²) in [7, 11) is -3.77. The van der Waals surface area contributed by atoms with Crippen molar-refractivity contribution in [1.29, 1.82) is 0 Å². The van der Waals surface area contributed by atoms with Crippen LogP contribution in [0.3, 0.4) is 0 Å². The van der Waals surface area contributed by atoms with Gasteiger partial charge < -0.3 is 11.1 Å². The molecule has 3 rings (SSSR count). The van der Waals surface area contributed by atoms with Crippen LogP contribution in [0.5, 0.6) is 0 Å². The van der Waals surface area contributed by atoms with Gasteiger partial charge in [-0.25, -0.2) is 18.4 Å². The van der Waals surface area contributed by atoms with Crippen molar-refractivity contribution in [2.75, 3.05) is 16.5 Å². The number of hydrazine groups is 1. The molecule has 0 saturated heterocycles. The molecule has 0 aliphatic heterocycles. The third kappa shape index (κ3) is 4.56. The largest absolute Gasteiger partial charge is 0.393 e. The maximum absolute atomic E-state index is 12.4. The molecule has 0 amide bonds. The lowest BCUT2D eigenvalue weighted by molar-refractivity contribution is 0.587. The summed E-state index contributed by atoms with van der Waals surface area (Å²) in [4.78, 5) is 10.6. The summed E-state index contributed by atoms with van der Waals surface area (Å²) < 4.78 is 24.8. The summed E-state index contributed by atoms with van der Waals surface area (Å²) in [6.07, 6.45) is 1.30. The summed E-state index contributed by atoms with van der Waals surface area (Å²) >= 11 is 0. The Kier molecular flexibility index (Phi) is 5.48. The van der Waals surface area contributed by atoms with E-state index < -0.39 is 10.0 Å². The number of sulfonamides is 1. The van der Waals surface area contributed by atoms with Gasteiger partial charge in [0, 0.05) is 5.69 Å². The minimum absolute atomic E-state index is 0.131. The highest BCUT2D eigenvalue weighted by Crippen LogP contribution is 2.26. The van der Waals surface area contributed by atoms with Crippen LogP contribution in [0.25, 0.3) is 0 Å². The molecule has 0 aliphatic rings. The van der Waals surface area contributed by atoms with Crippen LogP contribution in [0.1, 0.15) is 16.7 Å². The lowest BCUT2D eigenvalue weighted by Gasteiger charge is -2.14. The number of rotatable bonds is 6. The first-order chi connectivity index (χ1) is 13.2. The number of nitrogens with two attached hydrogens (primary N) is 1. The minimum Gasteiger partial charge on any atom is -0.393 e. The number of aryl methyl sites for hydroxylation is 3. The van der Waals surface area contributed by atoms with Crippen LogP contribution < -0.4 is 21.3 Å². The van der Waals surface area contributed by atoms with Gasteiger partial charge in [0.25, 0.3) is 10.0 Å². The Labute approximate surface area is 164 Å². The minimum atomic E-state index is -3.77. The molecule has 0 atom stereocenters. The number of nitrogens with one attached hydrogen (secondary N) is 3. The predicted molar refractivity (Wildman–Crippen MR) is 111 cm³/mol. The molecule has 0 radical (unpaired) electrons. The molecule has 0 fully saturated rings. The monoisotopic (exact) mass is 398 g/mol. The molecule has 28 heavy (non-hydrogen) atoms. The van der Waals surface area contributed by atoms with Crippen LogP contribution in [0.15, 0.2) is 53.7 Å². The third-order valence-corrected chi connectivity index (χ3v) is 5.27. The fourth-order valence-electron chi connectivity index (χ4n) is 2.67. The van der Waals surface area contributed by atoms with Crippen molar-refractivity contribution in [3.05, 3.63) is 65.5 Å². The van der Waals surface area contributed by atoms with Gasteiger partial charge in [-0.1, -0.05) is 23.8 Å². The molecule has 1 aromatic heterocycles. The van der Waals surface area contributed by atoms with Crippen LogP contribution in [-0.2, 0) is 10.0 Å². The van der Waals surface area contributed by atoms with Gasteiger partial charge in [-0.2, -0.15) is 0 Å². The van der Waals surface area contributed by atoms with E-state index in [1.165, 1.54) is 18.5 Å². The van der Waals surface area contributed by atoms with Crippen LogP contribution >= 0.6 is 0 Å².